The smallest absolute Gasteiger partial charge is 0.256 e. The first-order valence-electron chi connectivity index (χ1n) is 11.2. The maximum Gasteiger partial charge on any atom is 0.256 e. The molecule has 34 heavy (non-hydrogen) atoms. The molecule has 0 bridgehead atoms. The summed E-state index contributed by atoms with van der Waals surface area (Å²) >= 11 is 18.7. The molecule has 2 atom stereocenters. The van der Waals surface area contributed by atoms with Crippen molar-refractivity contribution in [2.75, 3.05) is 50.8 Å². The van der Waals surface area contributed by atoms with Gasteiger partial charge in [0.25, 0.3) is 5.91 Å². The van der Waals surface area contributed by atoms with Gasteiger partial charge in [-0.3, -0.25) is 4.79 Å². The lowest BCUT2D eigenvalue weighted by Crippen LogP contribution is -2.34. The number of benzene rings is 2. The van der Waals surface area contributed by atoms with Crippen LogP contribution in [0, 0.1) is 18.8 Å². The Hall–Kier alpha value is -1.51. The van der Waals surface area contributed by atoms with E-state index >= 15 is 0 Å². The van der Waals surface area contributed by atoms with Crippen LogP contribution in [0.3, 0.4) is 0 Å². The van der Waals surface area contributed by atoms with Crippen LogP contribution in [0.1, 0.15) is 22.3 Å². The van der Waals surface area contributed by atoms with Gasteiger partial charge < -0.3 is 15.1 Å². The SMILES string of the molecule is Cc1ccc(NCCCN2CC3CN(C(=O)c4c(Cl)cc(S(C)(=O)=O)cc4Cl)CC3C2)cc1Cl. The first-order valence-corrected chi connectivity index (χ1v) is 14.3. The first-order chi connectivity index (χ1) is 16.0. The van der Waals surface area contributed by atoms with Crippen LogP contribution in [0.15, 0.2) is 35.2 Å². The molecule has 4 rings (SSSR count). The standard InChI is InChI=1S/C24H28Cl3N3O3S/c1-15-4-5-18(8-20(15)25)28-6-3-7-29-11-16-13-30(14-17(16)12-29)24(31)23-21(26)9-19(10-22(23)27)34(2,32)33/h4-5,8-10,16-17,28H,3,6-7,11-14H2,1-2H3. The molecule has 184 valence electrons. The Morgan fingerprint density at radius 1 is 1.00 bits per heavy atom. The van der Waals surface area contributed by atoms with Gasteiger partial charge in [0.2, 0.25) is 0 Å². The lowest BCUT2D eigenvalue weighted by molar-refractivity contribution is 0.0774. The molecular formula is C24H28Cl3N3O3S. The number of aryl methyl sites for hydroxylation is 1. The number of likely N-dealkylation sites (tertiary alicyclic amines) is 2. The van der Waals surface area contributed by atoms with Gasteiger partial charge in [-0.1, -0.05) is 40.9 Å². The number of carbonyl (C=O) groups is 1. The van der Waals surface area contributed by atoms with E-state index in [1.54, 1.807) is 4.90 Å². The fraction of sp³-hybridized carbons (Fsp3) is 0.458. The van der Waals surface area contributed by atoms with Crippen LogP contribution in [0.2, 0.25) is 15.1 Å². The monoisotopic (exact) mass is 543 g/mol. The van der Waals surface area contributed by atoms with Crippen LogP contribution in [-0.4, -0.2) is 69.6 Å². The summed E-state index contributed by atoms with van der Waals surface area (Å²) in [4.78, 5) is 17.4. The Morgan fingerprint density at radius 3 is 2.18 bits per heavy atom. The van der Waals surface area contributed by atoms with E-state index in [0.717, 1.165) is 55.1 Å². The lowest BCUT2D eigenvalue weighted by Gasteiger charge is -2.22. The summed E-state index contributed by atoms with van der Waals surface area (Å²) in [6.45, 7) is 7.08. The fourth-order valence-electron chi connectivity index (χ4n) is 4.80. The Kier molecular flexibility index (Phi) is 7.70. The summed E-state index contributed by atoms with van der Waals surface area (Å²) in [7, 11) is -3.47. The minimum absolute atomic E-state index is 0.00736. The Labute approximate surface area is 216 Å². The first kappa shape index (κ1) is 25.6. The Balaban J connectivity index is 1.27. The average Bonchev–Trinajstić information content (AvgIpc) is 3.31. The molecule has 2 heterocycles. The van der Waals surface area contributed by atoms with Crippen molar-refractivity contribution in [1.29, 1.82) is 0 Å². The van der Waals surface area contributed by atoms with Gasteiger partial charge in [-0.15, -0.1) is 0 Å². The van der Waals surface area contributed by atoms with Gasteiger partial charge in [-0.2, -0.15) is 0 Å². The molecule has 0 saturated carbocycles. The number of halogens is 3. The van der Waals surface area contributed by atoms with Crippen LogP contribution < -0.4 is 5.32 Å². The van der Waals surface area contributed by atoms with Crippen LogP contribution >= 0.6 is 34.8 Å². The van der Waals surface area contributed by atoms with E-state index in [9.17, 15) is 13.2 Å². The second-order valence-corrected chi connectivity index (χ2v) is 12.5. The molecule has 6 nitrogen and oxygen atoms in total. The van der Waals surface area contributed by atoms with Gasteiger partial charge in [0.15, 0.2) is 9.84 Å². The number of rotatable bonds is 7. The molecule has 0 aliphatic carbocycles. The van der Waals surface area contributed by atoms with Gasteiger partial charge in [0.05, 0.1) is 20.5 Å². The molecule has 0 radical (unpaired) electrons. The zero-order valence-electron chi connectivity index (χ0n) is 19.2. The number of hydrogen-bond donors (Lipinski definition) is 1. The molecule has 2 saturated heterocycles. The molecule has 1 amide bonds. The van der Waals surface area contributed by atoms with Gasteiger partial charge in [-0.25, -0.2) is 8.42 Å². The minimum Gasteiger partial charge on any atom is -0.385 e. The van der Waals surface area contributed by atoms with Gasteiger partial charge >= 0.3 is 0 Å². The fourth-order valence-corrected chi connectivity index (χ4v) is 6.43. The third kappa shape index (κ3) is 5.65. The van der Waals surface area contributed by atoms with Crippen LogP contribution in [0.25, 0.3) is 0 Å². The van der Waals surface area contributed by atoms with E-state index in [1.807, 2.05) is 25.1 Å². The van der Waals surface area contributed by atoms with E-state index in [1.165, 1.54) is 12.1 Å². The molecule has 2 unspecified atom stereocenters. The average molecular weight is 545 g/mol. The number of nitrogens with one attached hydrogen (secondary N) is 1. The zero-order valence-corrected chi connectivity index (χ0v) is 22.2. The third-order valence-electron chi connectivity index (χ3n) is 6.66. The molecule has 2 aromatic rings. The largest absolute Gasteiger partial charge is 0.385 e. The highest BCUT2D eigenvalue weighted by atomic mass is 35.5. The van der Waals surface area contributed by atoms with Crippen molar-refractivity contribution >= 4 is 56.2 Å². The maximum atomic E-state index is 13.1. The van der Waals surface area contributed by atoms with Gasteiger partial charge in [0, 0.05) is 49.7 Å². The number of nitrogens with zero attached hydrogens (tertiary/aromatic N) is 2. The molecular weight excluding hydrogens is 517 g/mol. The topological polar surface area (TPSA) is 69.7 Å². The number of anilines is 1. The van der Waals surface area contributed by atoms with E-state index in [2.05, 4.69) is 10.2 Å². The number of hydrogen-bond acceptors (Lipinski definition) is 5. The van der Waals surface area contributed by atoms with E-state index < -0.39 is 9.84 Å². The highest BCUT2D eigenvalue weighted by Crippen LogP contribution is 2.35. The van der Waals surface area contributed by atoms with Crippen molar-refractivity contribution in [1.82, 2.24) is 9.80 Å². The minimum atomic E-state index is -3.47. The lowest BCUT2D eigenvalue weighted by atomic mass is 10.0. The predicted molar refractivity (Wildman–Crippen MR) is 138 cm³/mol. The van der Waals surface area contributed by atoms with Crippen molar-refractivity contribution in [3.63, 3.8) is 0 Å². The van der Waals surface area contributed by atoms with Crippen molar-refractivity contribution in [2.45, 2.75) is 18.2 Å². The molecule has 0 aromatic heterocycles. The van der Waals surface area contributed by atoms with Crippen molar-refractivity contribution in [2.24, 2.45) is 11.8 Å². The molecule has 1 N–H and O–H groups in total. The van der Waals surface area contributed by atoms with Crippen LogP contribution in [0.5, 0.6) is 0 Å². The molecule has 10 heteroatoms. The molecule has 2 aliphatic heterocycles. The van der Waals surface area contributed by atoms with E-state index in [0.29, 0.717) is 24.9 Å². The summed E-state index contributed by atoms with van der Waals surface area (Å²) < 4.78 is 23.6. The Morgan fingerprint density at radius 2 is 1.62 bits per heavy atom. The van der Waals surface area contributed by atoms with Crippen LogP contribution in [0.4, 0.5) is 5.69 Å². The predicted octanol–water partition coefficient (Wildman–Crippen LogP) is 4.86. The second kappa shape index (κ2) is 10.2. The summed E-state index contributed by atoms with van der Waals surface area (Å²) in [5, 5.41) is 4.33. The second-order valence-electron chi connectivity index (χ2n) is 9.27. The van der Waals surface area contributed by atoms with Crippen LogP contribution in [-0.2, 0) is 9.84 Å². The molecule has 2 fully saturated rings. The zero-order chi connectivity index (χ0) is 24.6. The highest BCUT2D eigenvalue weighted by Gasteiger charge is 2.42. The summed E-state index contributed by atoms with van der Waals surface area (Å²) in [5.41, 5.74) is 2.28. The van der Waals surface area contributed by atoms with Crippen molar-refractivity contribution in [3.8, 4) is 0 Å². The molecule has 2 aliphatic rings. The Bertz CT molecular complexity index is 1170. The highest BCUT2D eigenvalue weighted by molar-refractivity contribution is 7.90. The maximum absolute atomic E-state index is 13.1. The number of sulfone groups is 1. The summed E-state index contributed by atoms with van der Waals surface area (Å²) in [5.74, 6) is 0.596. The van der Waals surface area contributed by atoms with Crippen molar-refractivity contribution in [3.05, 3.63) is 56.5 Å². The number of amides is 1. The van der Waals surface area contributed by atoms with Gasteiger partial charge in [0.1, 0.15) is 0 Å². The molecule has 2 aromatic carbocycles. The third-order valence-corrected chi connectivity index (χ3v) is 8.75. The van der Waals surface area contributed by atoms with E-state index in [-0.39, 0.29) is 26.4 Å². The quantitative estimate of drug-likeness (QED) is 0.504. The van der Waals surface area contributed by atoms with Crippen molar-refractivity contribution < 1.29 is 13.2 Å². The molecule has 0 spiro atoms. The van der Waals surface area contributed by atoms with E-state index in [4.69, 9.17) is 34.8 Å². The number of fused-ring (bicyclic) bond motifs is 1. The normalized spacial score (nSPS) is 20.6. The summed E-state index contributed by atoms with van der Waals surface area (Å²) in [6, 6.07) is 8.61. The number of carbonyl (C=O) groups excluding carboxylic acids is 1. The van der Waals surface area contributed by atoms with Gasteiger partial charge in [-0.05, 0) is 61.6 Å². The summed E-state index contributed by atoms with van der Waals surface area (Å²) in [6.07, 6.45) is 2.10.